The van der Waals surface area contributed by atoms with E-state index in [1.807, 2.05) is 17.0 Å². The second-order valence-corrected chi connectivity index (χ2v) is 5.88. The van der Waals surface area contributed by atoms with Crippen molar-refractivity contribution in [1.82, 2.24) is 4.90 Å². The zero-order valence-corrected chi connectivity index (χ0v) is 12.0. The van der Waals surface area contributed by atoms with Gasteiger partial charge in [-0.1, -0.05) is 23.7 Å². The first kappa shape index (κ1) is 12.7. The number of amides is 1. The Bertz CT molecular complexity index is 582. The van der Waals surface area contributed by atoms with Gasteiger partial charge in [-0.05, 0) is 47.4 Å². The molecule has 0 spiro atoms. The van der Waals surface area contributed by atoms with Gasteiger partial charge in [0.05, 0.1) is 16.6 Å². The van der Waals surface area contributed by atoms with Gasteiger partial charge < -0.3 is 4.90 Å². The first-order valence-corrected chi connectivity index (χ1v) is 7.67. The van der Waals surface area contributed by atoms with Crippen molar-refractivity contribution in [1.29, 1.82) is 0 Å². The van der Waals surface area contributed by atoms with Crippen LogP contribution in [0.15, 0.2) is 41.1 Å². The van der Waals surface area contributed by atoms with Gasteiger partial charge in [-0.15, -0.1) is 0 Å². The van der Waals surface area contributed by atoms with Gasteiger partial charge in [0.25, 0.3) is 5.91 Å². The van der Waals surface area contributed by atoms with Crippen molar-refractivity contribution in [2.24, 2.45) is 0 Å². The highest BCUT2D eigenvalue weighted by Gasteiger charge is 2.31. The summed E-state index contributed by atoms with van der Waals surface area (Å²) in [4.78, 5) is 14.6. The smallest absolute Gasteiger partial charge is 0.255 e. The maximum Gasteiger partial charge on any atom is 0.255 e. The summed E-state index contributed by atoms with van der Waals surface area (Å²) in [5, 5.41) is 4.72. The van der Waals surface area contributed by atoms with Crippen LogP contribution in [-0.4, -0.2) is 17.4 Å². The fraction of sp³-hybridized carbons (Fsp3) is 0.267. The number of carbonyl (C=O) groups excluding carboxylic acids is 1. The van der Waals surface area contributed by atoms with Gasteiger partial charge in [0.15, 0.2) is 0 Å². The van der Waals surface area contributed by atoms with E-state index in [1.165, 1.54) is 5.56 Å². The molecule has 2 heterocycles. The Morgan fingerprint density at radius 1 is 1.32 bits per heavy atom. The lowest BCUT2D eigenvalue weighted by atomic mass is 10.1. The van der Waals surface area contributed by atoms with Crippen molar-refractivity contribution in [3.8, 4) is 0 Å². The fourth-order valence-corrected chi connectivity index (χ4v) is 3.53. The van der Waals surface area contributed by atoms with E-state index in [9.17, 15) is 4.79 Å². The Morgan fingerprint density at radius 3 is 2.89 bits per heavy atom. The molecule has 1 amide bonds. The van der Waals surface area contributed by atoms with E-state index in [4.69, 9.17) is 11.6 Å². The zero-order valence-electron chi connectivity index (χ0n) is 10.4. The molecule has 4 heteroatoms. The molecule has 0 aliphatic carbocycles. The summed E-state index contributed by atoms with van der Waals surface area (Å²) in [6.45, 7) is 0.810. The van der Waals surface area contributed by atoms with Gasteiger partial charge in [-0.2, -0.15) is 11.3 Å². The van der Waals surface area contributed by atoms with Crippen molar-refractivity contribution in [3.05, 3.63) is 57.2 Å². The molecule has 1 saturated heterocycles. The van der Waals surface area contributed by atoms with Crippen molar-refractivity contribution in [3.63, 3.8) is 0 Å². The molecule has 0 radical (unpaired) electrons. The normalized spacial score (nSPS) is 18.8. The van der Waals surface area contributed by atoms with E-state index in [0.29, 0.717) is 10.6 Å². The van der Waals surface area contributed by atoms with Crippen LogP contribution in [0.2, 0.25) is 5.02 Å². The van der Waals surface area contributed by atoms with Gasteiger partial charge in [0.2, 0.25) is 0 Å². The third kappa shape index (κ3) is 2.40. The minimum Gasteiger partial charge on any atom is -0.332 e. The van der Waals surface area contributed by atoms with Crippen molar-refractivity contribution in [2.45, 2.75) is 18.9 Å². The topological polar surface area (TPSA) is 20.3 Å². The molecule has 0 N–H and O–H groups in total. The molecule has 3 rings (SSSR count). The summed E-state index contributed by atoms with van der Waals surface area (Å²) in [6.07, 6.45) is 2.09. The molecular formula is C15H14ClNOS. The lowest BCUT2D eigenvalue weighted by Crippen LogP contribution is -2.30. The Balaban J connectivity index is 1.89. The van der Waals surface area contributed by atoms with E-state index < -0.39 is 0 Å². The number of hydrogen-bond donors (Lipinski definition) is 0. The number of thiophene rings is 1. The van der Waals surface area contributed by atoms with E-state index in [0.717, 1.165) is 19.4 Å². The highest BCUT2D eigenvalue weighted by atomic mass is 35.5. The minimum atomic E-state index is 0.0410. The summed E-state index contributed by atoms with van der Waals surface area (Å²) in [5.74, 6) is 0.0410. The molecule has 0 saturated carbocycles. The summed E-state index contributed by atoms with van der Waals surface area (Å²) in [7, 11) is 0. The maximum absolute atomic E-state index is 12.6. The van der Waals surface area contributed by atoms with Crippen LogP contribution in [0, 0.1) is 0 Å². The predicted molar refractivity (Wildman–Crippen MR) is 78.8 cm³/mol. The van der Waals surface area contributed by atoms with Gasteiger partial charge in [-0.25, -0.2) is 0 Å². The first-order chi connectivity index (χ1) is 9.27. The highest BCUT2D eigenvalue weighted by Crippen LogP contribution is 2.34. The van der Waals surface area contributed by atoms with E-state index >= 15 is 0 Å². The molecule has 2 nitrogen and oxygen atoms in total. The van der Waals surface area contributed by atoms with Gasteiger partial charge in [-0.3, -0.25) is 4.79 Å². The Labute approximate surface area is 121 Å². The summed E-state index contributed by atoms with van der Waals surface area (Å²) in [5.41, 5.74) is 1.84. The van der Waals surface area contributed by atoms with Crippen molar-refractivity contribution < 1.29 is 4.79 Å². The van der Waals surface area contributed by atoms with Gasteiger partial charge in [0.1, 0.15) is 0 Å². The van der Waals surface area contributed by atoms with Crippen LogP contribution in [0.3, 0.4) is 0 Å². The lowest BCUT2D eigenvalue weighted by molar-refractivity contribution is 0.0736. The molecule has 0 unspecified atom stereocenters. The summed E-state index contributed by atoms with van der Waals surface area (Å²) < 4.78 is 0. The molecule has 1 aliphatic heterocycles. The lowest BCUT2D eigenvalue weighted by Gasteiger charge is -2.24. The molecule has 1 aliphatic rings. The monoisotopic (exact) mass is 291 g/mol. The number of benzene rings is 1. The minimum absolute atomic E-state index is 0.0410. The predicted octanol–water partition coefficient (Wildman–Crippen LogP) is 4.38. The van der Waals surface area contributed by atoms with E-state index in [-0.39, 0.29) is 11.9 Å². The average Bonchev–Trinajstić information content (AvgIpc) is 3.09. The molecule has 1 aromatic carbocycles. The number of hydrogen-bond acceptors (Lipinski definition) is 2. The Morgan fingerprint density at radius 2 is 2.16 bits per heavy atom. The van der Waals surface area contributed by atoms with Gasteiger partial charge in [0, 0.05) is 6.54 Å². The van der Waals surface area contributed by atoms with Gasteiger partial charge >= 0.3 is 0 Å². The van der Waals surface area contributed by atoms with Crippen LogP contribution < -0.4 is 0 Å². The number of likely N-dealkylation sites (tertiary alicyclic amines) is 1. The van der Waals surface area contributed by atoms with Crippen molar-refractivity contribution >= 4 is 28.8 Å². The van der Waals surface area contributed by atoms with Crippen LogP contribution >= 0.6 is 22.9 Å². The number of rotatable bonds is 2. The molecular weight excluding hydrogens is 278 g/mol. The third-order valence-electron chi connectivity index (χ3n) is 3.55. The molecule has 2 aromatic rings. The fourth-order valence-electron chi connectivity index (χ4n) is 2.61. The van der Waals surface area contributed by atoms with Crippen LogP contribution in [-0.2, 0) is 0 Å². The molecule has 19 heavy (non-hydrogen) atoms. The second kappa shape index (κ2) is 5.35. The van der Waals surface area contributed by atoms with Crippen LogP contribution in [0.25, 0.3) is 0 Å². The van der Waals surface area contributed by atoms with E-state index in [2.05, 4.69) is 16.8 Å². The SMILES string of the molecule is O=C(c1ccccc1Cl)N1CCC[C@@H]1c1ccsc1. The van der Waals surface area contributed by atoms with Crippen LogP contribution in [0.1, 0.15) is 34.8 Å². The summed E-state index contributed by atoms with van der Waals surface area (Å²) in [6, 6.07) is 9.58. The molecule has 1 fully saturated rings. The maximum atomic E-state index is 12.6. The van der Waals surface area contributed by atoms with Crippen molar-refractivity contribution in [2.75, 3.05) is 6.54 Å². The first-order valence-electron chi connectivity index (χ1n) is 6.35. The average molecular weight is 292 g/mol. The number of halogens is 1. The summed E-state index contributed by atoms with van der Waals surface area (Å²) >= 11 is 7.80. The second-order valence-electron chi connectivity index (χ2n) is 4.69. The standard InChI is InChI=1S/C15H14ClNOS/c16-13-5-2-1-4-12(13)15(18)17-8-3-6-14(17)11-7-9-19-10-11/h1-2,4-5,7,9-10,14H,3,6,8H2/t14-/m1/s1. The van der Waals surface area contributed by atoms with E-state index in [1.54, 1.807) is 23.5 Å². The molecule has 0 bridgehead atoms. The molecule has 98 valence electrons. The number of nitrogens with zero attached hydrogens (tertiary/aromatic N) is 1. The number of carbonyl (C=O) groups is 1. The highest BCUT2D eigenvalue weighted by molar-refractivity contribution is 7.08. The largest absolute Gasteiger partial charge is 0.332 e. The Kier molecular flexibility index (Phi) is 3.58. The third-order valence-corrected chi connectivity index (χ3v) is 4.58. The molecule has 1 aromatic heterocycles. The zero-order chi connectivity index (χ0) is 13.2. The quantitative estimate of drug-likeness (QED) is 0.804. The Hall–Kier alpha value is -1.32. The van der Waals surface area contributed by atoms with Crippen LogP contribution in [0.5, 0.6) is 0 Å². The van der Waals surface area contributed by atoms with Crippen LogP contribution in [0.4, 0.5) is 0 Å². The molecule has 1 atom stereocenters.